The van der Waals surface area contributed by atoms with Crippen LogP contribution in [0.3, 0.4) is 0 Å². The van der Waals surface area contributed by atoms with E-state index in [9.17, 15) is 4.79 Å². The van der Waals surface area contributed by atoms with Crippen molar-refractivity contribution in [2.24, 2.45) is 23.7 Å². The summed E-state index contributed by atoms with van der Waals surface area (Å²) in [7, 11) is 0. The second-order valence-corrected chi connectivity index (χ2v) is 14.8. The predicted molar refractivity (Wildman–Crippen MR) is 152 cm³/mol. The smallest absolute Gasteiger partial charge is 0.237 e. The minimum absolute atomic E-state index is 0.175. The molecule has 5 aliphatic carbocycles. The number of fused-ring (bicyclic) bond motifs is 4. The highest BCUT2D eigenvalue weighted by molar-refractivity contribution is 8.00. The number of benzene rings is 1. The van der Waals surface area contributed by atoms with Gasteiger partial charge in [-0.15, -0.1) is 11.3 Å². The summed E-state index contributed by atoms with van der Waals surface area (Å²) in [5, 5.41) is 2.36. The van der Waals surface area contributed by atoms with Gasteiger partial charge in [-0.05, 0) is 105 Å². The summed E-state index contributed by atoms with van der Waals surface area (Å²) in [6, 6.07) is 8.36. The van der Waals surface area contributed by atoms with Gasteiger partial charge in [0, 0.05) is 27.9 Å². The highest BCUT2D eigenvalue weighted by atomic mass is 32.2. The van der Waals surface area contributed by atoms with Gasteiger partial charge in [0.05, 0.1) is 5.75 Å². The maximum absolute atomic E-state index is 13.5. The first kappa shape index (κ1) is 23.0. The molecule has 0 radical (unpaired) electrons. The minimum Gasteiger partial charge on any atom is -0.311 e. The molecule has 1 aromatic carbocycles. The Hall–Kier alpha value is -1.92. The number of rotatable bonds is 4. The first-order valence-corrected chi connectivity index (χ1v) is 16.2. The molecular weight excluding hydrogens is 494 g/mol. The molecule has 4 bridgehead atoms. The zero-order chi connectivity index (χ0) is 24.7. The zero-order valence-electron chi connectivity index (χ0n) is 21.7. The molecule has 37 heavy (non-hydrogen) atoms. The van der Waals surface area contributed by atoms with E-state index >= 15 is 0 Å². The number of aryl methyl sites for hydroxylation is 1. The van der Waals surface area contributed by atoms with E-state index in [1.807, 2.05) is 22.3 Å². The molecule has 0 saturated heterocycles. The number of thioether (sulfide) groups is 1. The van der Waals surface area contributed by atoms with Crippen LogP contribution in [-0.2, 0) is 29.5 Å². The third-order valence-corrected chi connectivity index (χ3v) is 12.3. The highest BCUT2D eigenvalue weighted by Gasteiger charge is 2.53. The topological polar surface area (TPSA) is 46.1 Å². The zero-order valence-corrected chi connectivity index (χ0v) is 23.3. The third-order valence-electron chi connectivity index (χ3n) is 10.2. The normalized spacial score (nSPS) is 31.6. The van der Waals surface area contributed by atoms with E-state index in [0.717, 1.165) is 66.0 Å². The van der Waals surface area contributed by atoms with Crippen LogP contribution in [0.2, 0.25) is 0 Å². The molecule has 6 aliphatic rings. The van der Waals surface area contributed by atoms with Crippen LogP contribution < -0.4 is 4.90 Å². The average molecular weight is 530 g/mol. The van der Waals surface area contributed by atoms with Gasteiger partial charge in [0.2, 0.25) is 5.91 Å². The van der Waals surface area contributed by atoms with Crippen molar-refractivity contribution in [3.8, 4) is 0 Å². The summed E-state index contributed by atoms with van der Waals surface area (Å²) in [5.41, 5.74) is 4.04. The van der Waals surface area contributed by atoms with Crippen LogP contribution in [0.5, 0.6) is 0 Å². The summed E-state index contributed by atoms with van der Waals surface area (Å²) in [6.07, 6.45) is 12.6. The fourth-order valence-corrected chi connectivity index (χ4v) is 11.2. The Kier molecular flexibility index (Phi) is 5.31. The van der Waals surface area contributed by atoms with Crippen molar-refractivity contribution in [3.05, 3.63) is 46.1 Å². The average Bonchev–Trinajstić information content (AvgIpc) is 3.47. The van der Waals surface area contributed by atoms with Gasteiger partial charge in [-0.3, -0.25) is 4.79 Å². The Morgan fingerprint density at radius 1 is 1.08 bits per heavy atom. The number of aromatic nitrogens is 2. The largest absolute Gasteiger partial charge is 0.311 e. The van der Waals surface area contributed by atoms with Crippen molar-refractivity contribution in [3.63, 3.8) is 0 Å². The van der Waals surface area contributed by atoms with E-state index in [0.29, 0.717) is 5.75 Å². The second kappa shape index (κ2) is 8.54. The molecule has 1 unspecified atom stereocenters. The molecule has 4 fully saturated rings. The molecule has 0 spiro atoms. The number of hydrogen-bond donors (Lipinski definition) is 0. The van der Waals surface area contributed by atoms with E-state index in [4.69, 9.17) is 9.97 Å². The minimum atomic E-state index is 0.175. The number of nitrogens with zero attached hydrogens (tertiary/aromatic N) is 3. The lowest BCUT2D eigenvalue weighted by Gasteiger charge is -2.56. The van der Waals surface area contributed by atoms with Crippen LogP contribution in [-0.4, -0.2) is 28.2 Å². The van der Waals surface area contributed by atoms with E-state index < -0.39 is 0 Å². The molecule has 2 aromatic heterocycles. The Morgan fingerprint density at radius 3 is 2.62 bits per heavy atom. The van der Waals surface area contributed by atoms with Gasteiger partial charge in [0.25, 0.3) is 0 Å². The molecular formula is C31H35N3OS2. The van der Waals surface area contributed by atoms with Crippen LogP contribution in [0.1, 0.15) is 73.7 Å². The quantitative estimate of drug-likeness (QED) is 0.271. The van der Waals surface area contributed by atoms with Crippen molar-refractivity contribution in [2.45, 2.75) is 81.6 Å². The van der Waals surface area contributed by atoms with Crippen molar-refractivity contribution in [2.75, 3.05) is 17.2 Å². The highest BCUT2D eigenvalue weighted by Crippen LogP contribution is 2.60. The lowest BCUT2D eigenvalue weighted by molar-refractivity contribution is -0.116. The van der Waals surface area contributed by atoms with E-state index in [1.54, 1.807) is 11.8 Å². The first-order valence-electron chi connectivity index (χ1n) is 14.4. The van der Waals surface area contributed by atoms with E-state index in [-0.39, 0.29) is 11.3 Å². The van der Waals surface area contributed by atoms with Crippen molar-refractivity contribution in [1.82, 2.24) is 9.97 Å². The SMILES string of the molecule is CC1CCc2c(sc3nc(C45CC6CC(CC(C6)C4)C5)nc(SCC(=O)N4CCc5ccccc54)c23)C1. The van der Waals surface area contributed by atoms with Crippen molar-refractivity contribution in [1.29, 1.82) is 0 Å². The third kappa shape index (κ3) is 3.72. The van der Waals surface area contributed by atoms with Crippen LogP contribution in [0.15, 0.2) is 29.3 Å². The number of carbonyl (C=O) groups excluding carboxylic acids is 1. The summed E-state index contributed by atoms with van der Waals surface area (Å²) in [5.74, 6) is 5.12. The standard InChI is InChI=1S/C31H35N3OS2/c1-18-6-7-23-25(10-18)37-29-27(23)28(36-17-26(35)34-9-8-22-4-2-3-5-24(22)34)32-30(33-29)31-14-19-11-20(15-31)13-21(12-19)16-31/h2-5,18-21H,6-17H2,1H3. The van der Waals surface area contributed by atoms with Crippen LogP contribution >= 0.6 is 23.1 Å². The summed E-state index contributed by atoms with van der Waals surface area (Å²) in [6.45, 7) is 3.17. The molecule has 4 nitrogen and oxygen atoms in total. The maximum Gasteiger partial charge on any atom is 0.237 e. The molecule has 3 heterocycles. The molecule has 4 saturated carbocycles. The van der Waals surface area contributed by atoms with Gasteiger partial charge >= 0.3 is 0 Å². The molecule has 6 heteroatoms. The molecule has 1 aliphatic heterocycles. The van der Waals surface area contributed by atoms with Crippen molar-refractivity contribution < 1.29 is 4.79 Å². The van der Waals surface area contributed by atoms with Crippen molar-refractivity contribution >= 4 is 44.9 Å². The van der Waals surface area contributed by atoms with Crippen LogP contribution in [0, 0.1) is 23.7 Å². The fraction of sp³-hybridized carbons (Fsp3) is 0.581. The number of amides is 1. The Balaban J connectivity index is 1.17. The summed E-state index contributed by atoms with van der Waals surface area (Å²) >= 11 is 3.61. The second-order valence-electron chi connectivity index (χ2n) is 12.8. The number of hydrogen-bond acceptors (Lipinski definition) is 5. The Bertz CT molecular complexity index is 1380. The lowest BCUT2D eigenvalue weighted by Crippen LogP contribution is -2.49. The lowest BCUT2D eigenvalue weighted by atomic mass is 9.49. The Labute approximate surface area is 227 Å². The van der Waals surface area contributed by atoms with Crippen LogP contribution in [0.25, 0.3) is 10.2 Å². The number of para-hydroxylation sites is 1. The van der Waals surface area contributed by atoms with Gasteiger partial charge in [-0.1, -0.05) is 36.9 Å². The molecule has 1 amide bonds. The number of carbonyl (C=O) groups is 1. The number of thiophene rings is 1. The Morgan fingerprint density at radius 2 is 1.84 bits per heavy atom. The van der Waals surface area contributed by atoms with Crippen LogP contribution in [0.4, 0.5) is 5.69 Å². The monoisotopic (exact) mass is 529 g/mol. The predicted octanol–water partition coefficient (Wildman–Crippen LogP) is 6.97. The van der Waals surface area contributed by atoms with Gasteiger partial charge in [0.15, 0.2) is 0 Å². The molecule has 3 aromatic rings. The number of anilines is 1. The van der Waals surface area contributed by atoms with E-state index in [2.05, 4.69) is 25.1 Å². The summed E-state index contributed by atoms with van der Waals surface area (Å²) in [4.78, 5) is 29.0. The van der Waals surface area contributed by atoms with Gasteiger partial charge in [-0.2, -0.15) is 0 Å². The molecule has 192 valence electrons. The fourth-order valence-electron chi connectivity index (χ4n) is 8.84. The van der Waals surface area contributed by atoms with Gasteiger partial charge in [0.1, 0.15) is 15.7 Å². The molecule has 0 N–H and O–H groups in total. The molecule has 1 atom stereocenters. The van der Waals surface area contributed by atoms with E-state index in [1.165, 1.54) is 71.2 Å². The maximum atomic E-state index is 13.5. The molecule has 9 rings (SSSR count). The summed E-state index contributed by atoms with van der Waals surface area (Å²) < 4.78 is 0. The first-order chi connectivity index (χ1) is 18.0. The van der Waals surface area contributed by atoms with Gasteiger partial charge in [-0.25, -0.2) is 9.97 Å². The van der Waals surface area contributed by atoms with Gasteiger partial charge < -0.3 is 4.90 Å².